The fraction of sp³-hybridized carbons (Fsp3) is 0.0714. The summed E-state index contributed by atoms with van der Waals surface area (Å²) in [5, 5.41) is 0. The van der Waals surface area contributed by atoms with Gasteiger partial charge in [-0.3, -0.25) is 9.20 Å². The average molecular weight is 237 g/mol. The Hall–Kier alpha value is -2.49. The van der Waals surface area contributed by atoms with Crippen molar-refractivity contribution < 1.29 is 4.79 Å². The zero-order valence-corrected chi connectivity index (χ0v) is 9.87. The van der Waals surface area contributed by atoms with Crippen LogP contribution in [0.4, 0.5) is 0 Å². The molecule has 0 fully saturated rings. The lowest BCUT2D eigenvalue weighted by Crippen LogP contribution is -1.91. The molecule has 0 amide bonds. The summed E-state index contributed by atoms with van der Waals surface area (Å²) in [6.07, 6.45) is 4.26. The monoisotopic (exact) mass is 237 g/mol. The number of benzene rings is 1. The van der Waals surface area contributed by atoms with Gasteiger partial charge in [0.2, 0.25) is 0 Å². The van der Waals surface area contributed by atoms with Crippen LogP contribution in [0.3, 0.4) is 0 Å². The van der Waals surface area contributed by atoms with Crippen molar-refractivity contribution in [3.63, 3.8) is 0 Å². The van der Waals surface area contributed by atoms with Crippen molar-refractivity contribution in [1.29, 1.82) is 0 Å². The highest BCUT2D eigenvalue weighted by Gasteiger charge is 2.13. The highest BCUT2D eigenvalue weighted by molar-refractivity contribution is 5.84. The van der Waals surface area contributed by atoms with Crippen molar-refractivity contribution in [2.45, 2.75) is 6.92 Å². The number of imidazole rings is 1. The molecule has 0 radical (unpaired) electrons. The molecule has 0 bridgehead atoms. The lowest BCUT2D eigenvalue weighted by Gasteiger charge is -2.03. The van der Waals surface area contributed by atoms with Gasteiger partial charge >= 0.3 is 0 Å². The lowest BCUT2D eigenvalue weighted by molar-refractivity contribution is 0.112. The van der Waals surface area contributed by atoms with Crippen LogP contribution in [0.5, 0.6) is 0 Å². The van der Waals surface area contributed by atoms with Crippen molar-refractivity contribution in [2.24, 2.45) is 0 Å². The average Bonchev–Trinajstić information content (AvgIpc) is 2.78. The number of rotatable bonds is 2. The zero-order chi connectivity index (χ0) is 12.5. The van der Waals surface area contributed by atoms with Crippen LogP contribution in [-0.4, -0.2) is 20.7 Å². The summed E-state index contributed by atoms with van der Waals surface area (Å²) < 4.78 is 1.84. The van der Waals surface area contributed by atoms with Crippen LogP contribution >= 0.6 is 0 Å². The number of hydrogen-bond acceptors (Lipinski definition) is 3. The molecule has 0 aliphatic rings. The molecule has 0 saturated heterocycles. The van der Waals surface area contributed by atoms with E-state index in [9.17, 15) is 4.79 Å². The van der Waals surface area contributed by atoms with Gasteiger partial charge in [-0.05, 0) is 18.6 Å². The Morgan fingerprint density at radius 3 is 2.83 bits per heavy atom. The summed E-state index contributed by atoms with van der Waals surface area (Å²) in [6.45, 7) is 2.02. The van der Waals surface area contributed by atoms with E-state index in [1.165, 1.54) is 0 Å². The smallest absolute Gasteiger partial charge is 0.172 e. The minimum absolute atomic E-state index is 0.369. The van der Waals surface area contributed by atoms with Crippen LogP contribution < -0.4 is 0 Å². The molecule has 2 heterocycles. The molecular weight excluding hydrogens is 226 g/mol. The number of carbonyl (C=O) groups is 1. The molecule has 0 unspecified atom stereocenters. The van der Waals surface area contributed by atoms with E-state index in [0.717, 1.165) is 23.2 Å². The summed E-state index contributed by atoms with van der Waals surface area (Å²) in [6, 6.07) is 9.78. The molecule has 0 aliphatic heterocycles. The molecule has 4 heteroatoms. The molecule has 18 heavy (non-hydrogen) atoms. The fourth-order valence-electron chi connectivity index (χ4n) is 2.04. The Kier molecular flexibility index (Phi) is 2.41. The fourth-order valence-corrected chi connectivity index (χ4v) is 2.04. The Balaban J connectivity index is 2.37. The Morgan fingerprint density at radius 2 is 2.06 bits per heavy atom. The van der Waals surface area contributed by atoms with Crippen molar-refractivity contribution in [3.8, 4) is 11.4 Å². The topological polar surface area (TPSA) is 47.3 Å². The minimum Gasteiger partial charge on any atom is -0.296 e. The molecule has 0 saturated carbocycles. The molecule has 2 aromatic heterocycles. The molecule has 1 aromatic carbocycles. The largest absolute Gasteiger partial charge is 0.296 e. The third-order valence-corrected chi connectivity index (χ3v) is 2.93. The van der Waals surface area contributed by atoms with Crippen LogP contribution in [0.1, 0.15) is 16.1 Å². The SMILES string of the molecule is Cc1ccccc1-c1nc(C=O)c2ncccn12. The molecule has 0 N–H and O–H groups in total. The first-order valence-electron chi connectivity index (χ1n) is 5.65. The quantitative estimate of drug-likeness (QED) is 0.643. The third kappa shape index (κ3) is 1.50. The Bertz CT molecular complexity index is 731. The summed E-state index contributed by atoms with van der Waals surface area (Å²) in [7, 11) is 0. The highest BCUT2D eigenvalue weighted by Crippen LogP contribution is 2.23. The van der Waals surface area contributed by atoms with Crippen molar-refractivity contribution in [3.05, 3.63) is 54.0 Å². The number of hydrogen-bond donors (Lipinski definition) is 0. The second kappa shape index (κ2) is 4.07. The van der Waals surface area contributed by atoms with E-state index in [2.05, 4.69) is 9.97 Å². The summed E-state index contributed by atoms with van der Waals surface area (Å²) in [4.78, 5) is 19.6. The van der Waals surface area contributed by atoms with Crippen LogP contribution in [0.25, 0.3) is 17.0 Å². The third-order valence-electron chi connectivity index (χ3n) is 2.93. The van der Waals surface area contributed by atoms with E-state index in [0.29, 0.717) is 11.3 Å². The second-order valence-electron chi connectivity index (χ2n) is 4.07. The molecule has 3 rings (SSSR count). The van der Waals surface area contributed by atoms with E-state index in [-0.39, 0.29) is 0 Å². The summed E-state index contributed by atoms with van der Waals surface area (Å²) in [5.74, 6) is 0.748. The van der Waals surface area contributed by atoms with Gasteiger partial charge in [0, 0.05) is 18.0 Å². The van der Waals surface area contributed by atoms with Crippen LogP contribution in [-0.2, 0) is 0 Å². The maximum atomic E-state index is 11.0. The van der Waals surface area contributed by atoms with Crippen molar-refractivity contribution >= 4 is 11.9 Å². The molecule has 3 aromatic rings. The number of fused-ring (bicyclic) bond motifs is 1. The van der Waals surface area contributed by atoms with Gasteiger partial charge in [0.25, 0.3) is 0 Å². The van der Waals surface area contributed by atoms with Gasteiger partial charge < -0.3 is 0 Å². The van der Waals surface area contributed by atoms with Gasteiger partial charge in [0.1, 0.15) is 11.5 Å². The van der Waals surface area contributed by atoms with E-state index < -0.39 is 0 Å². The predicted molar refractivity (Wildman–Crippen MR) is 68.5 cm³/mol. The van der Waals surface area contributed by atoms with E-state index in [1.807, 2.05) is 47.9 Å². The molecular formula is C14H11N3O. The molecule has 0 spiro atoms. The normalized spacial score (nSPS) is 10.7. The van der Waals surface area contributed by atoms with Crippen LogP contribution in [0, 0.1) is 6.92 Å². The molecule has 4 nitrogen and oxygen atoms in total. The van der Waals surface area contributed by atoms with Gasteiger partial charge in [0.15, 0.2) is 11.9 Å². The van der Waals surface area contributed by atoms with Gasteiger partial charge in [0.05, 0.1) is 0 Å². The molecule has 88 valence electrons. The van der Waals surface area contributed by atoms with Gasteiger partial charge in [-0.15, -0.1) is 0 Å². The summed E-state index contributed by atoms with van der Waals surface area (Å²) in [5.41, 5.74) is 3.08. The van der Waals surface area contributed by atoms with Crippen LogP contribution in [0.15, 0.2) is 42.7 Å². The lowest BCUT2D eigenvalue weighted by atomic mass is 10.1. The van der Waals surface area contributed by atoms with Crippen molar-refractivity contribution in [1.82, 2.24) is 14.4 Å². The minimum atomic E-state index is 0.369. The van der Waals surface area contributed by atoms with E-state index >= 15 is 0 Å². The van der Waals surface area contributed by atoms with Crippen LogP contribution in [0.2, 0.25) is 0 Å². The Morgan fingerprint density at radius 1 is 1.22 bits per heavy atom. The standard InChI is InChI=1S/C14H11N3O/c1-10-5-2-3-6-11(10)13-16-12(9-18)14-15-7-4-8-17(13)14/h2-9H,1H3. The second-order valence-corrected chi connectivity index (χ2v) is 4.07. The number of aromatic nitrogens is 3. The zero-order valence-electron chi connectivity index (χ0n) is 9.87. The van der Waals surface area contributed by atoms with E-state index in [4.69, 9.17) is 0 Å². The van der Waals surface area contributed by atoms with Gasteiger partial charge in [-0.25, -0.2) is 9.97 Å². The predicted octanol–water partition coefficient (Wildman–Crippen LogP) is 2.52. The number of nitrogens with zero attached hydrogens (tertiary/aromatic N) is 3. The first-order chi connectivity index (χ1) is 8.81. The van der Waals surface area contributed by atoms with Gasteiger partial charge in [-0.1, -0.05) is 24.3 Å². The number of aldehydes is 1. The first kappa shape index (κ1) is 10.7. The maximum absolute atomic E-state index is 11.0. The first-order valence-corrected chi connectivity index (χ1v) is 5.65. The summed E-state index contributed by atoms with van der Waals surface area (Å²) >= 11 is 0. The molecule has 0 aliphatic carbocycles. The maximum Gasteiger partial charge on any atom is 0.172 e. The number of carbonyl (C=O) groups excluding carboxylic acids is 1. The number of aryl methyl sites for hydroxylation is 1. The van der Waals surface area contributed by atoms with E-state index in [1.54, 1.807) is 6.20 Å². The highest BCUT2D eigenvalue weighted by atomic mass is 16.1. The van der Waals surface area contributed by atoms with Crippen molar-refractivity contribution in [2.75, 3.05) is 0 Å². The molecule has 0 atom stereocenters. The Labute approximate surface area is 104 Å². The van der Waals surface area contributed by atoms with Gasteiger partial charge in [-0.2, -0.15) is 0 Å².